The number of sulfonamides is 1. The maximum absolute atomic E-state index is 12.2. The zero-order chi connectivity index (χ0) is 14.0. The van der Waals surface area contributed by atoms with Crippen LogP contribution in [0.4, 0.5) is 0 Å². The van der Waals surface area contributed by atoms with Gasteiger partial charge in [-0.15, -0.1) is 22.7 Å². The molecule has 0 aliphatic carbocycles. The summed E-state index contributed by atoms with van der Waals surface area (Å²) in [4.78, 5) is 11.5. The van der Waals surface area contributed by atoms with Gasteiger partial charge in [0, 0.05) is 4.88 Å². The van der Waals surface area contributed by atoms with Crippen molar-refractivity contribution in [3.8, 4) is 0 Å². The van der Waals surface area contributed by atoms with Crippen LogP contribution in [0.3, 0.4) is 0 Å². The molecule has 0 amide bonds. The summed E-state index contributed by atoms with van der Waals surface area (Å²) in [5, 5.41) is 12.3. The van der Waals surface area contributed by atoms with Crippen LogP contribution in [0.1, 0.15) is 27.5 Å². The first kappa shape index (κ1) is 14.2. The van der Waals surface area contributed by atoms with Gasteiger partial charge in [-0.1, -0.05) is 6.07 Å². The highest BCUT2D eigenvalue weighted by Gasteiger charge is 2.25. The number of carboxylic acid groups (broad SMARTS) is 1. The lowest BCUT2D eigenvalue weighted by Gasteiger charge is -2.12. The molecular weight excluding hydrogens is 306 g/mol. The minimum absolute atomic E-state index is 0.175. The number of carboxylic acids is 1. The van der Waals surface area contributed by atoms with E-state index in [9.17, 15) is 13.2 Å². The van der Waals surface area contributed by atoms with Gasteiger partial charge in [0.2, 0.25) is 10.0 Å². The predicted molar refractivity (Wildman–Crippen MR) is 74.3 cm³/mol. The molecule has 0 aliphatic heterocycles. The van der Waals surface area contributed by atoms with Crippen molar-refractivity contribution in [2.24, 2.45) is 0 Å². The summed E-state index contributed by atoms with van der Waals surface area (Å²) in [6.45, 7) is 1.72. The van der Waals surface area contributed by atoms with Crippen LogP contribution in [0.2, 0.25) is 0 Å². The molecule has 2 heterocycles. The standard InChI is InChI=1S/C11H11NO4S3/c1-7(8-3-2-5-17-8)12-19(15,16)9-4-6-18-10(9)11(13)14/h2-7,12H,1H3,(H,13,14). The Morgan fingerprint density at radius 1 is 1.32 bits per heavy atom. The molecule has 0 aliphatic rings. The van der Waals surface area contributed by atoms with E-state index in [0.717, 1.165) is 16.2 Å². The Balaban J connectivity index is 2.28. The average Bonchev–Trinajstić information content (AvgIpc) is 3.00. The summed E-state index contributed by atoms with van der Waals surface area (Å²) in [5.74, 6) is -1.24. The molecule has 2 rings (SSSR count). The molecular formula is C11H11NO4S3. The van der Waals surface area contributed by atoms with E-state index in [2.05, 4.69) is 4.72 Å². The fourth-order valence-electron chi connectivity index (χ4n) is 1.56. The molecule has 0 spiro atoms. The van der Waals surface area contributed by atoms with E-state index >= 15 is 0 Å². The largest absolute Gasteiger partial charge is 0.477 e. The maximum atomic E-state index is 12.2. The van der Waals surface area contributed by atoms with Crippen molar-refractivity contribution in [3.05, 3.63) is 38.7 Å². The van der Waals surface area contributed by atoms with Crippen LogP contribution < -0.4 is 4.72 Å². The Kier molecular flexibility index (Phi) is 4.04. The van der Waals surface area contributed by atoms with Crippen molar-refractivity contribution >= 4 is 38.7 Å². The summed E-state index contributed by atoms with van der Waals surface area (Å²) < 4.78 is 26.8. The quantitative estimate of drug-likeness (QED) is 0.887. The molecule has 2 aromatic rings. The topological polar surface area (TPSA) is 83.5 Å². The van der Waals surface area contributed by atoms with Crippen LogP contribution in [-0.4, -0.2) is 19.5 Å². The lowest BCUT2D eigenvalue weighted by atomic mass is 10.3. The minimum Gasteiger partial charge on any atom is -0.477 e. The Morgan fingerprint density at radius 2 is 2.05 bits per heavy atom. The lowest BCUT2D eigenvalue weighted by molar-refractivity contribution is 0.0698. The fraction of sp³-hybridized carbons (Fsp3) is 0.182. The van der Waals surface area contributed by atoms with Gasteiger partial charge in [-0.3, -0.25) is 0 Å². The van der Waals surface area contributed by atoms with Gasteiger partial charge >= 0.3 is 5.97 Å². The van der Waals surface area contributed by atoms with Crippen LogP contribution >= 0.6 is 22.7 Å². The molecule has 0 fully saturated rings. The Bertz CT molecular complexity index is 673. The normalized spacial score (nSPS) is 13.3. The third-order valence-electron chi connectivity index (χ3n) is 2.41. The van der Waals surface area contributed by atoms with Crippen molar-refractivity contribution in [3.63, 3.8) is 0 Å². The first-order chi connectivity index (χ1) is 8.92. The van der Waals surface area contributed by atoms with Crippen molar-refractivity contribution < 1.29 is 18.3 Å². The molecule has 0 saturated carbocycles. The molecule has 19 heavy (non-hydrogen) atoms. The Labute approximate surface area is 118 Å². The highest BCUT2D eigenvalue weighted by atomic mass is 32.2. The summed E-state index contributed by atoms with van der Waals surface area (Å²) in [5.41, 5.74) is 0. The van der Waals surface area contributed by atoms with Gasteiger partial charge < -0.3 is 5.11 Å². The molecule has 2 aromatic heterocycles. The van der Waals surface area contributed by atoms with Gasteiger partial charge in [-0.2, -0.15) is 0 Å². The first-order valence-corrected chi connectivity index (χ1v) is 8.52. The zero-order valence-corrected chi connectivity index (χ0v) is 12.3. The van der Waals surface area contributed by atoms with Gasteiger partial charge in [0.1, 0.15) is 9.77 Å². The van der Waals surface area contributed by atoms with Crippen molar-refractivity contribution in [1.29, 1.82) is 0 Å². The molecule has 0 bridgehead atoms. The van der Waals surface area contributed by atoms with Crippen molar-refractivity contribution in [2.45, 2.75) is 17.9 Å². The fourth-order valence-corrected chi connectivity index (χ4v) is 4.85. The van der Waals surface area contributed by atoms with Crippen LogP contribution in [0.15, 0.2) is 33.9 Å². The molecule has 5 nitrogen and oxygen atoms in total. The van der Waals surface area contributed by atoms with Crippen LogP contribution in [0.5, 0.6) is 0 Å². The number of hydrogen-bond acceptors (Lipinski definition) is 5. The number of carbonyl (C=O) groups is 1. The van der Waals surface area contributed by atoms with E-state index in [-0.39, 0.29) is 9.77 Å². The van der Waals surface area contributed by atoms with E-state index in [0.29, 0.717) is 0 Å². The van der Waals surface area contributed by atoms with E-state index in [1.165, 1.54) is 22.8 Å². The van der Waals surface area contributed by atoms with Gasteiger partial charge in [-0.05, 0) is 29.8 Å². The van der Waals surface area contributed by atoms with Crippen LogP contribution in [0.25, 0.3) is 0 Å². The third kappa shape index (κ3) is 3.03. The van der Waals surface area contributed by atoms with Gasteiger partial charge in [0.05, 0.1) is 6.04 Å². The predicted octanol–water partition coefficient (Wildman–Crippen LogP) is 2.55. The molecule has 102 valence electrons. The number of hydrogen-bond donors (Lipinski definition) is 2. The summed E-state index contributed by atoms with van der Waals surface area (Å²) in [6, 6.07) is 4.56. The van der Waals surface area contributed by atoms with Crippen molar-refractivity contribution in [1.82, 2.24) is 4.72 Å². The summed E-state index contributed by atoms with van der Waals surface area (Å²) in [7, 11) is -3.83. The van der Waals surface area contributed by atoms with Crippen molar-refractivity contribution in [2.75, 3.05) is 0 Å². The van der Waals surface area contributed by atoms with Gasteiger partial charge in [0.15, 0.2) is 0 Å². The SMILES string of the molecule is CC(NS(=O)(=O)c1ccsc1C(=O)O)c1cccs1. The summed E-state index contributed by atoms with van der Waals surface area (Å²) in [6.07, 6.45) is 0. The number of aromatic carboxylic acids is 1. The zero-order valence-electron chi connectivity index (χ0n) is 9.86. The second-order valence-electron chi connectivity index (χ2n) is 3.78. The van der Waals surface area contributed by atoms with Crippen LogP contribution in [-0.2, 0) is 10.0 Å². The molecule has 0 aromatic carbocycles. The van der Waals surface area contributed by atoms with E-state index < -0.39 is 22.0 Å². The molecule has 0 saturated heterocycles. The highest BCUT2D eigenvalue weighted by molar-refractivity contribution is 7.89. The summed E-state index contributed by atoms with van der Waals surface area (Å²) >= 11 is 2.33. The van der Waals surface area contributed by atoms with E-state index in [4.69, 9.17) is 5.11 Å². The second-order valence-corrected chi connectivity index (χ2v) is 7.36. The molecule has 0 radical (unpaired) electrons. The molecule has 8 heteroatoms. The molecule has 2 N–H and O–H groups in total. The Morgan fingerprint density at radius 3 is 2.63 bits per heavy atom. The third-order valence-corrected chi connectivity index (χ3v) is 6.08. The number of rotatable bonds is 5. The number of thiophene rings is 2. The highest BCUT2D eigenvalue weighted by Crippen LogP contribution is 2.25. The van der Waals surface area contributed by atoms with Gasteiger partial charge in [0.25, 0.3) is 0 Å². The average molecular weight is 317 g/mol. The van der Waals surface area contributed by atoms with E-state index in [1.807, 2.05) is 17.5 Å². The second kappa shape index (κ2) is 5.41. The lowest BCUT2D eigenvalue weighted by Crippen LogP contribution is -2.27. The smallest absolute Gasteiger partial charge is 0.347 e. The van der Waals surface area contributed by atoms with Gasteiger partial charge in [-0.25, -0.2) is 17.9 Å². The maximum Gasteiger partial charge on any atom is 0.347 e. The minimum atomic E-state index is -3.83. The molecule has 1 atom stereocenters. The number of nitrogens with one attached hydrogen (secondary N) is 1. The molecule has 1 unspecified atom stereocenters. The Hall–Kier alpha value is -1.22. The monoisotopic (exact) mass is 317 g/mol. The first-order valence-electron chi connectivity index (χ1n) is 5.28. The van der Waals surface area contributed by atoms with Crippen LogP contribution in [0, 0.1) is 0 Å². The van der Waals surface area contributed by atoms with E-state index in [1.54, 1.807) is 6.92 Å².